The molecular formula is C126H176N9+5. The lowest BCUT2D eigenvalue weighted by molar-refractivity contribution is -0.660. The molecule has 0 amide bonds. The molecule has 0 aliphatic heterocycles. The molecular weight excluding hydrogens is 1640 g/mol. The second-order valence-electron chi connectivity index (χ2n) is 28.5. The molecule has 0 radical (unpaired) electrons. The van der Waals surface area contributed by atoms with Crippen molar-refractivity contribution in [2.45, 2.75) is 274 Å². The molecule has 0 saturated carbocycles. The Labute approximate surface area is 823 Å². The van der Waals surface area contributed by atoms with Crippen LogP contribution in [0, 0.1) is 34.6 Å². The molecule has 20 rings (SSSR count). The van der Waals surface area contributed by atoms with Gasteiger partial charge < -0.3 is 0 Å². The van der Waals surface area contributed by atoms with Crippen molar-refractivity contribution in [3.8, 4) is 112 Å². The number of hydrogen-bond acceptors (Lipinski definition) is 4. The number of aromatic nitrogens is 9. The third-order valence-electron chi connectivity index (χ3n) is 21.9. The van der Waals surface area contributed by atoms with Crippen molar-refractivity contribution in [3.05, 3.63) is 364 Å². The maximum absolute atomic E-state index is 4.55. The number of hydrogen-bond donors (Lipinski definition) is 0. The molecule has 0 saturated heterocycles. The summed E-state index contributed by atoms with van der Waals surface area (Å²) in [4.78, 5) is 18.1. The van der Waals surface area contributed by atoms with E-state index in [0.29, 0.717) is 0 Å². The minimum absolute atomic E-state index is 0.928. The zero-order valence-corrected chi connectivity index (χ0v) is 91.6. The Morgan fingerprint density at radius 1 is 0.185 bits per heavy atom. The molecule has 720 valence electrons. The zero-order valence-electron chi connectivity index (χ0n) is 91.6. The van der Waals surface area contributed by atoms with Gasteiger partial charge in [-0.15, -0.1) is 0 Å². The van der Waals surface area contributed by atoms with E-state index in [-0.39, 0.29) is 0 Å². The summed E-state index contributed by atoms with van der Waals surface area (Å²) in [6.07, 6.45) is 22.9. The molecule has 9 aromatic heterocycles. The van der Waals surface area contributed by atoms with Crippen molar-refractivity contribution >= 4 is 0 Å². The fourth-order valence-corrected chi connectivity index (χ4v) is 16.6. The molecule has 9 heteroatoms. The number of aryl methyl sites for hydroxylation is 9. The topological polar surface area (TPSA) is 71.0 Å². The van der Waals surface area contributed by atoms with Crippen molar-refractivity contribution in [1.82, 2.24) is 19.9 Å². The third-order valence-corrected chi connectivity index (χ3v) is 21.9. The quantitative estimate of drug-likeness (QED) is 0.161. The predicted octanol–water partition coefficient (Wildman–Crippen LogP) is 33.3. The Morgan fingerprint density at radius 2 is 0.489 bits per heavy atom. The average Bonchev–Trinajstić information content (AvgIpc) is 1.57. The maximum Gasteiger partial charge on any atom is 0.213 e. The molecule has 5 aliphatic rings. The van der Waals surface area contributed by atoms with E-state index in [4.69, 9.17) is 0 Å². The Kier molecular flexibility index (Phi) is 59.8. The van der Waals surface area contributed by atoms with E-state index in [1.54, 1.807) is 0 Å². The lowest BCUT2D eigenvalue weighted by atomic mass is 9.93. The standard InChI is InChI=1S/C20H18N.4C19H17N2.15C2H6/c1-14-16(20-9-5-6-12-21(20)2)10-11-18-17-8-4-3-7-15(17)13-19(14)18;1-13-8-9-14-15-6-5-10-20-17(15)12-16(14)19(13)18-7-3-4-11-21(18)2;1-13-8-9-14-12-16-15(6-5-10-20-16)19(14)18(13)17-7-3-4-11-21(17)2;1-13-10-17-14(12-18-15(17)6-5-8-20-18)11-16(13)19-7-3-4-9-21(19)2;1-13-10-14-11-18-15(6-5-8-20-18)17(14)12-16(13)19-7-3-4-9-21(19)2;15*1-2/h3-12H,13H2,1-2H3;3*3-11H,12H2,1-2H3;3-10,12H,11H2,1-2H3;15*1-2H3/q5*+1;;;;;;;;;;;;;;;. The van der Waals surface area contributed by atoms with Gasteiger partial charge in [-0.25, -0.2) is 22.8 Å². The van der Waals surface area contributed by atoms with Crippen LogP contribution in [0.15, 0.2) is 280 Å². The summed E-state index contributed by atoms with van der Waals surface area (Å²) >= 11 is 0. The summed E-state index contributed by atoms with van der Waals surface area (Å²) in [6, 6.07) is 80.1. The molecule has 6 aromatic carbocycles. The first-order chi connectivity index (χ1) is 66.2. The molecule has 9 heterocycles. The molecule has 0 atom stereocenters. The van der Waals surface area contributed by atoms with Crippen LogP contribution in [0.2, 0.25) is 0 Å². The van der Waals surface area contributed by atoms with Gasteiger partial charge in [0.2, 0.25) is 28.5 Å². The van der Waals surface area contributed by atoms with Gasteiger partial charge in [0.15, 0.2) is 31.0 Å². The van der Waals surface area contributed by atoms with Crippen molar-refractivity contribution in [2.24, 2.45) is 35.2 Å². The van der Waals surface area contributed by atoms with Crippen LogP contribution in [0.5, 0.6) is 0 Å². The molecule has 9 nitrogen and oxygen atoms in total. The van der Waals surface area contributed by atoms with Crippen molar-refractivity contribution in [2.75, 3.05) is 0 Å². The molecule has 0 spiro atoms. The molecule has 135 heavy (non-hydrogen) atoms. The lowest BCUT2D eigenvalue weighted by Gasteiger charge is -2.11. The normalized spacial score (nSPS) is 10.1. The molecule has 0 fully saturated rings. The smallest absolute Gasteiger partial charge is 0.213 e. The van der Waals surface area contributed by atoms with Gasteiger partial charge in [0, 0.05) is 156 Å². The van der Waals surface area contributed by atoms with Crippen LogP contribution in [-0.4, -0.2) is 19.9 Å². The first kappa shape index (κ1) is 121. The SMILES string of the molecule is CC.CC.CC.CC.CC.CC.CC.CC.CC.CC.CC.CC.CC.CC.CC.Cc1c(-c2cccc[n+]2C)ccc2c1Cc1ccccc1-2.Cc1cc2c(cc1-c1cccc[n+]1C)-c1cccnc1C2.Cc1cc2c(cc1-c1cccc[n+]1C)Cc1ncccc1-2.Cc1ccc2c(c1-c1cccc[n+]1C)-c1cccnc1C2.Cc1ccc2c(c1-c1cccc[n+]1C)Cc1ncccc1-2. The molecule has 0 N–H and O–H groups in total. The summed E-state index contributed by atoms with van der Waals surface area (Å²) in [5, 5.41) is 0. The van der Waals surface area contributed by atoms with E-state index in [2.05, 4.69) is 344 Å². The van der Waals surface area contributed by atoms with Crippen LogP contribution < -0.4 is 22.8 Å². The first-order valence-corrected chi connectivity index (χ1v) is 51.5. The van der Waals surface area contributed by atoms with Gasteiger partial charge >= 0.3 is 0 Å². The lowest BCUT2D eigenvalue weighted by Crippen LogP contribution is -2.30. The van der Waals surface area contributed by atoms with Gasteiger partial charge in [0.05, 0.1) is 33.9 Å². The summed E-state index contributed by atoms with van der Waals surface area (Å²) < 4.78 is 10.9. The van der Waals surface area contributed by atoms with E-state index < -0.39 is 0 Å². The summed E-state index contributed by atoms with van der Waals surface area (Å²) in [5.74, 6) is 0. The van der Waals surface area contributed by atoms with E-state index >= 15 is 0 Å². The number of benzene rings is 6. The van der Waals surface area contributed by atoms with Crippen LogP contribution in [0.3, 0.4) is 0 Å². The van der Waals surface area contributed by atoms with Gasteiger partial charge in [-0.1, -0.05) is 299 Å². The minimum atomic E-state index is 0.928. The van der Waals surface area contributed by atoms with Gasteiger partial charge in [0.1, 0.15) is 35.2 Å². The third kappa shape index (κ3) is 30.1. The van der Waals surface area contributed by atoms with Gasteiger partial charge in [-0.05, 0) is 203 Å². The van der Waals surface area contributed by atoms with Crippen LogP contribution in [0.4, 0.5) is 0 Å². The monoisotopic (exact) mass is 1820 g/mol. The molecule has 15 aromatic rings. The van der Waals surface area contributed by atoms with Crippen LogP contribution >= 0.6 is 0 Å². The summed E-state index contributed by atoms with van der Waals surface area (Å²) in [6.45, 7) is 71.0. The second-order valence-corrected chi connectivity index (χ2v) is 28.5. The summed E-state index contributed by atoms with van der Waals surface area (Å²) in [5.41, 5.74) is 46.2. The highest BCUT2D eigenvalue weighted by Crippen LogP contribution is 2.46. The maximum atomic E-state index is 4.55. The molecule has 5 aliphatic carbocycles. The van der Waals surface area contributed by atoms with Crippen LogP contribution in [0.25, 0.3) is 112 Å². The van der Waals surface area contributed by atoms with Crippen molar-refractivity contribution in [3.63, 3.8) is 0 Å². The number of rotatable bonds is 5. The van der Waals surface area contributed by atoms with Crippen LogP contribution in [0.1, 0.15) is 292 Å². The number of fused-ring (bicyclic) bond motifs is 15. The van der Waals surface area contributed by atoms with E-state index in [9.17, 15) is 0 Å². The Bertz CT molecular complexity index is 5870. The Hall–Kier alpha value is -12.3. The zero-order chi connectivity index (χ0) is 102. The van der Waals surface area contributed by atoms with E-state index in [1.165, 1.54) is 196 Å². The Morgan fingerprint density at radius 3 is 0.933 bits per heavy atom. The fourth-order valence-electron chi connectivity index (χ4n) is 16.6. The van der Waals surface area contributed by atoms with Crippen molar-refractivity contribution < 1.29 is 22.8 Å². The largest absolute Gasteiger partial charge is 0.260 e. The van der Waals surface area contributed by atoms with Gasteiger partial charge in [-0.3, -0.25) is 19.9 Å². The van der Waals surface area contributed by atoms with Crippen molar-refractivity contribution in [1.29, 1.82) is 0 Å². The number of nitrogens with zero attached hydrogens (tertiary/aromatic N) is 9. The van der Waals surface area contributed by atoms with Gasteiger partial charge in [-0.2, -0.15) is 0 Å². The van der Waals surface area contributed by atoms with E-state index in [1.807, 2.05) is 257 Å². The van der Waals surface area contributed by atoms with Crippen LogP contribution in [-0.2, 0) is 67.3 Å². The number of pyridine rings is 9. The van der Waals surface area contributed by atoms with E-state index in [0.717, 1.165) is 32.1 Å². The summed E-state index contributed by atoms with van der Waals surface area (Å²) in [7, 11) is 10.5. The second kappa shape index (κ2) is 67.0. The highest BCUT2D eigenvalue weighted by molar-refractivity contribution is 5.90. The highest BCUT2D eigenvalue weighted by Gasteiger charge is 2.31. The average molecular weight is 1820 g/mol. The Balaban J connectivity index is 0.000000787. The van der Waals surface area contributed by atoms with Gasteiger partial charge in [0.25, 0.3) is 0 Å². The molecule has 0 unspecified atom stereocenters. The fraction of sp³-hybridized carbons (Fsp3) is 0.357. The molecule has 0 bridgehead atoms. The first-order valence-electron chi connectivity index (χ1n) is 51.5. The predicted molar refractivity (Wildman–Crippen MR) is 592 cm³/mol. The minimum Gasteiger partial charge on any atom is -0.260 e. The highest BCUT2D eigenvalue weighted by atomic mass is 14.9.